The van der Waals surface area contributed by atoms with Crippen LogP contribution in [-0.2, 0) is 6.42 Å². The smallest absolute Gasteiger partial charge is 0.0374 e. The van der Waals surface area contributed by atoms with Crippen LogP contribution in [0.15, 0.2) is 64.0 Å². The molecule has 2 aliphatic rings. The van der Waals surface area contributed by atoms with Crippen LogP contribution in [0.1, 0.15) is 30.2 Å². The molecule has 0 spiro atoms. The summed E-state index contributed by atoms with van der Waals surface area (Å²) in [5.74, 6) is 0. The van der Waals surface area contributed by atoms with E-state index in [1.54, 1.807) is 0 Å². The Bertz CT molecular complexity index is 693. The lowest BCUT2D eigenvalue weighted by Crippen LogP contribution is -1.85. The quantitative estimate of drug-likeness (QED) is 0.642. The van der Waals surface area contributed by atoms with Crippen LogP contribution in [0.5, 0.6) is 0 Å². The topological polar surface area (TPSA) is 0 Å². The second-order valence-electron chi connectivity index (χ2n) is 5.27. The molecule has 1 aromatic rings. The molecule has 1 aromatic heterocycles. The third-order valence-corrected chi connectivity index (χ3v) is 5.90. The summed E-state index contributed by atoms with van der Waals surface area (Å²) in [5.41, 5.74) is 7.13. The van der Waals surface area contributed by atoms with Gasteiger partial charge in [0.1, 0.15) is 0 Å². The Kier molecular flexibility index (Phi) is 4.37. The highest BCUT2D eigenvalue weighted by molar-refractivity contribution is 8.02. The first-order chi connectivity index (χ1) is 10.3. The minimum absolute atomic E-state index is 1.02. The third kappa shape index (κ3) is 2.63. The zero-order valence-electron chi connectivity index (χ0n) is 12.6. The van der Waals surface area contributed by atoms with Gasteiger partial charge in [-0.25, -0.2) is 0 Å². The molecule has 3 rings (SSSR count). The lowest BCUT2D eigenvalue weighted by Gasteiger charge is -2.06. The van der Waals surface area contributed by atoms with Crippen LogP contribution in [0.3, 0.4) is 0 Å². The Morgan fingerprint density at radius 1 is 1.43 bits per heavy atom. The highest BCUT2D eigenvalue weighted by Gasteiger charge is 2.23. The van der Waals surface area contributed by atoms with Gasteiger partial charge in [0.25, 0.3) is 0 Å². The molecular formula is C19H20S2. The summed E-state index contributed by atoms with van der Waals surface area (Å²) in [5, 5.41) is 2.20. The Balaban J connectivity index is 1.99. The zero-order chi connectivity index (χ0) is 14.8. The monoisotopic (exact) mass is 312 g/mol. The summed E-state index contributed by atoms with van der Waals surface area (Å²) in [6, 6.07) is 2.25. The Morgan fingerprint density at radius 3 is 3.00 bits per heavy atom. The van der Waals surface area contributed by atoms with Gasteiger partial charge < -0.3 is 0 Å². The van der Waals surface area contributed by atoms with E-state index in [9.17, 15) is 0 Å². The highest BCUT2D eigenvalue weighted by Crippen LogP contribution is 2.44. The van der Waals surface area contributed by atoms with Crippen molar-refractivity contribution in [2.45, 2.75) is 26.2 Å². The Labute approximate surface area is 135 Å². The molecule has 0 amide bonds. The van der Waals surface area contributed by atoms with Gasteiger partial charge in [0.05, 0.1) is 0 Å². The van der Waals surface area contributed by atoms with E-state index in [1.165, 1.54) is 37.6 Å². The molecule has 0 aliphatic heterocycles. The predicted molar refractivity (Wildman–Crippen MR) is 97.8 cm³/mol. The van der Waals surface area contributed by atoms with Crippen molar-refractivity contribution in [3.63, 3.8) is 0 Å². The first kappa shape index (κ1) is 14.7. The standard InChI is InChI=1S/C19H20S2/c1-4-6-17-16(11-13(5-2)19(17)20-3)12-15-8-7-14-9-10-21-18(14)15/h5-6,8-10,12H,2,4,7,11H2,1,3H3/b16-12-,17-6+. The SMILES string of the molecule is C=CC1=C(SC)C(=C/CC)/C(=C\C2=CCc3ccsc32)C1. The molecule has 21 heavy (non-hydrogen) atoms. The molecule has 108 valence electrons. The lowest BCUT2D eigenvalue weighted by molar-refractivity contribution is 1.19. The van der Waals surface area contributed by atoms with E-state index in [4.69, 9.17) is 0 Å². The third-order valence-electron chi connectivity index (χ3n) is 4.00. The molecule has 0 atom stereocenters. The van der Waals surface area contributed by atoms with Crippen molar-refractivity contribution in [2.75, 3.05) is 6.26 Å². The molecule has 0 unspecified atom stereocenters. The average molecular weight is 313 g/mol. The fraction of sp³-hybridized carbons (Fsp3) is 0.263. The first-order valence-electron chi connectivity index (χ1n) is 7.36. The fourth-order valence-corrected chi connectivity index (χ4v) is 4.84. The predicted octanol–water partition coefficient (Wildman–Crippen LogP) is 6.16. The molecule has 0 saturated heterocycles. The van der Waals surface area contributed by atoms with Crippen LogP contribution in [-0.4, -0.2) is 6.26 Å². The number of allylic oxidation sites excluding steroid dienone is 8. The van der Waals surface area contributed by atoms with Gasteiger partial charge in [-0.2, -0.15) is 0 Å². The van der Waals surface area contributed by atoms with Crippen LogP contribution in [0.2, 0.25) is 0 Å². The van der Waals surface area contributed by atoms with Crippen molar-refractivity contribution in [2.24, 2.45) is 0 Å². The number of thioether (sulfide) groups is 1. The van der Waals surface area contributed by atoms with E-state index >= 15 is 0 Å². The second kappa shape index (κ2) is 6.25. The average Bonchev–Trinajstić information content (AvgIpc) is 3.16. The zero-order valence-corrected chi connectivity index (χ0v) is 14.2. The molecule has 0 saturated carbocycles. The molecular weight excluding hydrogens is 292 g/mol. The molecule has 0 fully saturated rings. The Hall–Kier alpha value is -1.25. The number of fused-ring (bicyclic) bond motifs is 1. The maximum Gasteiger partial charge on any atom is 0.0374 e. The molecule has 2 aliphatic carbocycles. The van der Waals surface area contributed by atoms with Gasteiger partial charge in [0.15, 0.2) is 0 Å². The maximum absolute atomic E-state index is 3.99. The maximum atomic E-state index is 3.99. The number of thiophene rings is 1. The minimum Gasteiger partial charge on any atom is -0.144 e. The summed E-state index contributed by atoms with van der Waals surface area (Å²) in [7, 11) is 0. The summed E-state index contributed by atoms with van der Waals surface area (Å²) >= 11 is 3.70. The summed E-state index contributed by atoms with van der Waals surface area (Å²) in [6.07, 6.45) is 14.5. The fourth-order valence-electron chi connectivity index (χ4n) is 3.04. The van der Waals surface area contributed by atoms with Gasteiger partial charge in [0, 0.05) is 9.78 Å². The number of rotatable bonds is 4. The van der Waals surface area contributed by atoms with E-state index in [-0.39, 0.29) is 0 Å². The molecule has 1 heterocycles. The van der Waals surface area contributed by atoms with Crippen LogP contribution in [0.25, 0.3) is 5.57 Å². The first-order valence-corrected chi connectivity index (χ1v) is 9.46. The summed E-state index contributed by atoms with van der Waals surface area (Å²) in [6.45, 7) is 6.20. The van der Waals surface area contributed by atoms with Gasteiger partial charge in [-0.05, 0) is 70.9 Å². The van der Waals surface area contributed by atoms with Crippen molar-refractivity contribution in [3.05, 3.63) is 74.4 Å². The molecule has 2 heteroatoms. The van der Waals surface area contributed by atoms with Crippen molar-refractivity contribution in [1.29, 1.82) is 0 Å². The van der Waals surface area contributed by atoms with Crippen LogP contribution < -0.4 is 0 Å². The van der Waals surface area contributed by atoms with E-state index in [1.807, 2.05) is 29.2 Å². The van der Waals surface area contributed by atoms with Gasteiger partial charge in [0.2, 0.25) is 0 Å². The molecule has 0 aromatic carbocycles. The summed E-state index contributed by atoms with van der Waals surface area (Å²) < 4.78 is 0. The Morgan fingerprint density at radius 2 is 2.29 bits per heavy atom. The largest absolute Gasteiger partial charge is 0.144 e. The lowest BCUT2D eigenvalue weighted by atomic mass is 10.0. The summed E-state index contributed by atoms with van der Waals surface area (Å²) in [4.78, 5) is 2.86. The normalized spacial score (nSPS) is 21.3. The highest BCUT2D eigenvalue weighted by atomic mass is 32.2. The van der Waals surface area contributed by atoms with E-state index < -0.39 is 0 Å². The van der Waals surface area contributed by atoms with Gasteiger partial charge >= 0.3 is 0 Å². The van der Waals surface area contributed by atoms with Crippen molar-refractivity contribution in [1.82, 2.24) is 0 Å². The number of hydrogen-bond acceptors (Lipinski definition) is 2. The molecule has 0 nitrogen and oxygen atoms in total. The van der Waals surface area contributed by atoms with Gasteiger partial charge in [-0.3, -0.25) is 0 Å². The van der Waals surface area contributed by atoms with Gasteiger partial charge in [-0.15, -0.1) is 23.1 Å². The molecule has 0 N–H and O–H groups in total. The van der Waals surface area contributed by atoms with E-state index in [0.717, 1.165) is 19.3 Å². The molecule has 0 radical (unpaired) electrons. The van der Waals surface area contributed by atoms with Crippen molar-refractivity contribution >= 4 is 28.7 Å². The van der Waals surface area contributed by atoms with Crippen LogP contribution in [0, 0.1) is 0 Å². The van der Waals surface area contributed by atoms with Crippen LogP contribution >= 0.6 is 23.1 Å². The van der Waals surface area contributed by atoms with Gasteiger partial charge in [-0.1, -0.05) is 31.7 Å². The molecule has 0 bridgehead atoms. The van der Waals surface area contributed by atoms with E-state index in [2.05, 4.69) is 49.4 Å². The van der Waals surface area contributed by atoms with Crippen molar-refractivity contribution in [3.8, 4) is 0 Å². The van der Waals surface area contributed by atoms with E-state index in [0.29, 0.717) is 0 Å². The van der Waals surface area contributed by atoms with Crippen molar-refractivity contribution < 1.29 is 0 Å². The minimum atomic E-state index is 1.02. The number of hydrogen-bond donors (Lipinski definition) is 0. The van der Waals surface area contributed by atoms with Crippen LogP contribution in [0.4, 0.5) is 0 Å². The second-order valence-corrected chi connectivity index (χ2v) is 7.01.